The van der Waals surface area contributed by atoms with Crippen LogP contribution >= 0.6 is 31.9 Å². The average molecular weight is 428 g/mol. The van der Waals surface area contributed by atoms with Gasteiger partial charge in [-0.05, 0) is 63.8 Å². The van der Waals surface area contributed by atoms with Crippen molar-refractivity contribution in [2.45, 2.75) is 19.8 Å². The third-order valence-corrected chi connectivity index (χ3v) is 4.30. The van der Waals surface area contributed by atoms with Crippen LogP contribution in [0, 0.1) is 0 Å². The van der Waals surface area contributed by atoms with E-state index >= 15 is 0 Å². The highest BCUT2D eigenvalue weighted by Crippen LogP contribution is 2.31. The van der Waals surface area contributed by atoms with Crippen molar-refractivity contribution in [1.29, 1.82) is 0 Å². The van der Waals surface area contributed by atoms with E-state index in [1.54, 1.807) is 31.4 Å². The van der Waals surface area contributed by atoms with Gasteiger partial charge in [0.1, 0.15) is 11.5 Å². The van der Waals surface area contributed by atoms with Gasteiger partial charge in [0.15, 0.2) is 0 Å². The maximum absolute atomic E-state index is 12.3. The summed E-state index contributed by atoms with van der Waals surface area (Å²) >= 11 is 6.81. The number of hydrogen-bond acceptors (Lipinski definition) is 3. The Morgan fingerprint density at radius 1 is 1.05 bits per heavy atom. The third kappa shape index (κ3) is 3.90. The Morgan fingerprint density at radius 2 is 1.73 bits per heavy atom. The molecule has 0 saturated heterocycles. The fourth-order valence-electron chi connectivity index (χ4n) is 2.02. The molecule has 0 fully saturated rings. The molecule has 0 N–H and O–H groups in total. The highest BCUT2D eigenvalue weighted by atomic mass is 79.9. The van der Waals surface area contributed by atoms with E-state index < -0.39 is 5.97 Å². The zero-order valence-corrected chi connectivity index (χ0v) is 15.7. The molecule has 3 nitrogen and oxygen atoms in total. The molecule has 0 aromatic heterocycles. The summed E-state index contributed by atoms with van der Waals surface area (Å²) in [5.74, 6) is 1.11. The summed E-state index contributed by atoms with van der Waals surface area (Å²) in [6.07, 6.45) is 0. The first-order valence-electron chi connectivity index (χ1n) is 6.77. The Balaban J connectivity index is 2.27. The van der Waals surface area contributed by atoms with Crippen LogP contribution in [0.3, 0.4) is 0 Å². The van der Waals surface area contributed by atoms with Crippen molar-refractivity contribution in [1.82, 2.24) is 0 Å². The molecule has 5 heteroatoms. The summed E-state index contributed by atoms with van der Waals surface area (Å²) in [5, 5.41) is 0. The minimum Gasteiger partial charge on any atom is -0.496 e. The van der Waals surface area contributed by atoms with Gasteiger partial charge in [0.05, 0.1) is 17.1 Å². The molecule has 2 rings (SSSR count). The van der Waals surface area contributed by atoms with Crippen LogP contribution in [0.25, 0.3) is 0 Å². The predicted molar refractivity (Wildman–Crippen MR) is 93.9 cm³/mol. The maximum atomic E-state index is 12.3. The van der Waals surface area contributed by atoms with Crippen LogP contribution in [0.4, 0.5) is 0 Å². The second-order valence-corrected chi connectivity index (χ2v) is 6.85. The van der Waals surface area contributed by atoms with Gasteiger partial charge in [0.2, 0.25) is 0 Å². The number of carbonyl (C=O) groups excluding carboxylic acids is 1. The van der Waals surface area contributed by atoms with Crippen LogP contribution in [0.5, 0.6) is 11.5 Å². The van der Waals surface area contributed by atoms with E-state index in [0.29, 0.717) is 21.5 Å². The largest absolute Gasteiger partial charge is 0.496 e. The van der Waals surface area contributed by atoms with E-state index in [9.17, 15) is 4.79 Å². The Hall–Kier alpha value is -1.33. The number of rotatable bonds is 4. The number of esters is 1. The predicted octanol–water partition coefficient (Wildman–Crippen LogP) is 5.56. The molecule has 0 heterocycles. The number of hydrogen-bond donors (Lipinski definition) is 0. The number of halogens is 2. The maximum Gasteiger partial charge on any atom is 0.343 e. The van der Waals surface area contributed by atoms with Gasteiger partial charge in [-0.2, -0.15) is 0 Å². The third-order valence-electron chi connectivity index (χ3n) is 3.18. The van der Waals surface area contributed by atoms with Gasteiger partial charge in [-0.3, -0.25) is 0 Å². The van der Waals surface area contributed by atoms with E-state index in [2.05, 4.69) is 45.7 Å². The number of methoxy groups -OCH3 is 1. The summed E-state index contributed by atoms with van der Waals surface area (Å²) in [6, 6.07) is 10.7. The van der Waals surface area contributed by atoms with Crippen LogP contribution in [0.1, 0.15) is 35.7 Å². The quantitative estimate of drug-likeness (QED) is 0.473. The number of benzene rings is 2. The Labute approximate surface area is 146 Å². The molecular weight excluding hydrogens is 412 g/mol. The fourth-order valence-corrected chi connectivity index (χ4v) is 2.94. The van der Waals surface area contributed by atoms with Gasteiger partial charge < -0.3 is 9.47 Å². The van der Waals surface area contributed by atoms with Crippen molar-refractivity contribution in [2.24, 2.45) is 0 Å². The molecule has 22 heavy (non-hydrogen) atoms. The molecular formula is C17H16Br2O3. The molecule has 2 aromatic rings. The molecule has 0 unspecified atom stereocenters. The molecule has 0 radical (unpaired) electrons. The Kier molecular flexibility index (Phi) is 5.64. The minimum absolute atomic E-state index is 0.253. The van der Waals surface area contributed by atoms with Gasteiger partial charge in [-0.1, -0.05) is 29.8 Å². The first-order valence-corrected chi connectivity index (χ1v) is 8.36. The average Bonchev–Trinajstić information content (AvgIpc) is 2.48. The zero-order valence-electron chi connectivity index (χ0n) is 12.5. The topological polar surface area (TPSA) is 35.5 Å². The first-order chi connectivity index (χ1) is 10.4. The van der Waals surface area contributed by atoms with E-state index in [1.807, 2.05) is 12.1 Å². The lowest BCUT2D eigenvalue weighted by molar-refractivity contribution is 0.0732. The van der Waals surface area contributed by atoms with Crippen molar-refractivity contribution in [3.8, 4) is 11.5 Å². The van der Waals surface area contributed by atoms with Crippen molar-refractivity contribution < 1.29 is 14.3 Å². The van der Waals surface area contributed by atoms with Gasteiger partial charge in [0, 0.05) is 4.47 Å². The van der Waals surface area contributed by atoms with Gasteiger partial charge in [-0.25, -0.2) is 4.79 Å². The standard InChI is InChI=1S/C17H16Br2O3/c1-10(2)13-9-12(18)5-7-15(13)22-17(20)11-4-6-16(21-3)14(19)8-11/h4-10H,1-3H3. The molecule has 0 atom stereocenters. The normalized spacial score (nSPS) is 10.6. The Bertz CT molecular complexity index is 696. The Morgan fingerprint density at radius 3 is 2.32 bits per heavy atom. The molecule has 0 aliphatic carbocycles. The lowest BCUT2D eigenvalue weighted by Crippen LogP contribution is -2.10. The van der Waals surface area contributed by atoms with Crippen molar-refractivity contribution in [2.75, 3.05) is 7.11 Å². The molecule has 0 amide bonds. The summed E-state index contributed by atoms with van der Waals surface area (Å²) in [6.45, 7) is 4.12. The van der Waals surface area contributed by atoms with Gasteiger partial charge >= 0.3 is 5.97 Å². The molecule has 0 saturated carbocycles. The van der Waals surface area contributed by atoms with Crippen LogP contribution in [0.2, 0.25) is 0 Å². The van der Waals surface area contributed by atoms with Crippen LogP contribution < -0.4 is 9.47 Å². The van der Waals surface area contributed by atoms with Crippen molar-refractivity contribution >= 4 is 37.8 Å². The summed E-state index contributed by atoms with van der Waals surface area (Å²) in [7, 11) is 1.58. The SMILES string of the molecule is COc1ccc(C(=O)Oc2ccc(Br)cc2C(C)C)cc1Br. The molecule has 0 aliphatic heterocycles. The minimum atomic E-state index is -0.396. The number of carbonyl (C=O) groups is 1. The highest BCUT2D eigenvalue weighted by Gasteiger charge is 2.15. The van der Waals surface area contributed by atoms with Crippen molar-refractivity contribution in [3.63, 3.8) is 0 Å². The second kappa shape index (κ2) is 7.29. The summed E-state index contributed by atoms with van der Waals surface area (Å²) in [4.78, 5) is 12.3. The van der Waals surface area contributed by atoms with E-state index in [4.69, 9.17) is 9.47 Å². The molecule has 0 spiro atoms. The lowest BCUT2D eigenvalue weighted by Gasteiger charge is -2.13. The molecule has 0 aliphatic rings. The number of ether oxygens (including phenoxy) is 2. The zero-order chi connectivity index (χ0) is 16.3. The second-order valence-electron chi connectivity index (χ2n) is 5.08. The fraction of sp³-hybridized carbons (Fsp3) is 0.235. The van der Waals surface area contributed by atoms with Crippen molar-refractivity contribution in [3.05, 3.63) is 56.5 Å². The summed E-state index contributed by atoms with van der Waals surface area (Å²) in [5.41, 5.74) is 1.45. The van der Waals surface area contributed by atoms with E-state index in [-0.39, 0.29) is 5.92 Å². The first kappa shape index (κ1) is 17.0. The smallest absolute Gasteiger partial charge is 0.343 e. The van der Waals surface area contributed by atoms with Crippen LogP contribution in [-0.4, -0.2) is 13.1 Å². The molecule has 0 bridgehead atoms. The van der Waals surface area contributed by atoms with E-state index in [1.165, 1.54) is 0 Å². The highest BCUT2D eigenvalue weighted by molar-refractivity contribution is 9.10. The van der Waals surface area contributed by atoms with Crippen LogP contribution in [0.15, 0.2) is 45.3 Å². The molecule has 2 aromatic carbocycles. The van der Waals surface area contributed by atoms with Crippen LogP contribution in [-0.2, 0) is 0 Å². The summed E-state index contributed by atoms with van der Waals surface area (Å²) < 4.78 is 12.4. The molecule has 116 valence electrons. The lowest BCUT2D eigenvalue weighted by atomic mass is 10.0. The van der Waals surface area contributed by atoms with E-state index in [0.717, 1.165) is 10.0 Å². The van der Waals surface area contributed by atoms with Gasteiger partial charge in [0.25, 0.3) is 0 Å². The monoisotopic (exact) mass is 426 g/mol. The van der Waals surface area contributed by atoms with Gasteiger partial charge in [-0.15, -0.1) is 0 Å².